The summed E-state index contributed by atoms with van der Waals surface area (Å²) in [6, 6.07) is 1.76. The van der Waals surface area contributed by atoms with Gasteiger partial charge in [0.25, 0.3) is 0 Å². The fourth-order valence-electron chi connectivity index (χ4n) is 4.49. The van der Waals surface area contributed by atoms with E-state index in [-0.39, 0.29) is 11.0 Å². The number of hydrogen-bond acceptors (Lipinski definition) is 3. The second-order valence-electron chi connectivity index (χ2n) is 7.66. The second kappa shape index (κ2) is 6.25. The van der Waals surface area contributed by atoms with Gasteiger partial charge in [0, 0.05) is 11.0 Å². The molecular formula is C19H23F3O3. The molecule has 3 nitrogen and oxygen atoms in total. The van der Waals surface area contributed by atoms with Crippen molar-refractivity contribution in [2.75, 3.05) is 19.8 Å². The van der Waals surface area contributed by atoms with Crippen LogP contribution < -0.4 is 0 Å². The predicted molar refractivity (Wildman–Crippen MR) is 84.0 cm³/mol. The van der Waals surface area contributed by atoms with Crippen molar-refractivity contribution in [3.63, 3.8) is 0 Å². The maximum absolute atomic E-state index is 13.6. The zero-order chi connectivity index (χ0) is 17.7. The molecule has 0 radical (unpaired) electrons. The summed E-state index contributed by atoms with van der Waals surface area (Å²) in [6.45, 7) is 3.51. The first-order chi connectivity index (χ1) is 12.0. The minimum absolute atomic E-state index is 0.0203. The summed E-state index contributed by atoms with van der Waals surface area (Å²) >= 11 is 0. The highest BCUT2D eigenvalue weighted by atomic mass is 19.2. The van der Waals surface area contributed by atoms with Gasteiger partial charge in [-0.05, 0) is 36.8 Å². The molecule has 3 saturated heterocycles. The van der Waals surface area contributed by atoms with Gasteiger partial charge >= 0.3 is 5.97 Å². The Labute approximate surface area is 145 Å². The topological polar surface area (TPSA) is 27.7 Å². The molecule has 5 rings (SSSR count). The van der Waals surface area contributed by atoms with E-state index in [2.05, 4.69) is 6.92 Å². The van der Waals surface area contributed by atoms with Crippen LogP contribution in [0.1, 0.15) is 44.6 Å². The van der Waals surface area contributed by atoms with E-state index in [1.54, 1.807) is 0 Å². The second-order valence-corrected chi connectivity index (χ2v) is 7.66. The van der Waals surface area contributed by atoms with Crippen molar-refractivity contribution < 1.29 is 27.4 Å². The lowest BCUT2D eigenvalue weighted by Gasteiger charge is -2.55. The number of rotatable bonds is 3. The highest BCUT2D eigenvalue weighted by Crippen LogP contribution is 2.51. The lowest BCUT2D eigenvalue weighted by Crippen LogP contribution is -2.61. The molecule has 0 atom stereocenters. The molecule has 25 heavy (non-hydrogen) atoms. The molecule has 1 saturated carbocycles. The van der Waals surface area contributed by atoms with Crippen LogP contribution in [0, 0.1) is 34.7 Å². The number of hydrogen-bond donors (Lipinski definition) is 0. The van der Waals surface area contributed by atoms with E-state index in [9.17, 15) is 13.2 Å². The first kappa shape index (κ1) is 17.3. The molecule has 1 aromatic carbocycles. The van der Waals surface area contributed by atoms with Crippen LogP contribution >= 0.6 is 0 Å². The Morgan fingerprint density at radius 2 is 1.44 bits per heavy atom. The molecule has 0 unspecified atom stereocenters. The van der Waals surface area contributed by atoms with Crippen molar-refractivity contribution in [3.05, 3.63) is 35.1 Å². The van der Waals surface area contributed by atoms with Crippen molar-refractivity contribution in [1.82, 2.24) is 0 Å². The van der Waals surface area contributed by atoms with Crippen LogP contribution in [0.15, 0.2) is 12.1 Å². The summed E-state index contributed by atoms with van der Waals surface area (Å²) in [5.41, 5.74) is -0.177. The van der Waals surface area contributed by atoms with Crippen LogP contribution in [0.4, 0.5) is 13.2 Å². The van der Waals surface area contributed by atoms with E-state index in [1.807, 2.05) is 0 Å². The molecular weight excluding hydrogens is 333 g/mol. The Kier molecular flexibility index (Phi) is 4.33. The van der Waals surface area contributed by atoms with E-state index in [0.29, 0.717) is 25.7 Å². The lowest BCUT2D eigenvalue weighted by atomic mass is 9.66. The zero-order valence-electron chi connectivity index (χ0n) is 14.3. The van der Waals surface area contributed by atoms with Gasteiger partial charge < -0.3 is 14.2 Å². The molecule has 4 aliphatic rings. The molecule has 4 fully saturated rings. The smallest absolute Gasteiger partial charge is 0.312 e. The molecule has 0 N–H and O–H groups in total. The summed E-state index contributed by atoms with van der Waals surface area (Å²) in [6.07, 6.45) is 5.89. The molecule has 2 bridgehead atoms. The molecule has 3 aliphatic heterocycles. The maximum atomic E-state index is 13.6. The van der Waals surface area contributed by atoms with Gasteiger partial charge in [-0.2, -0.15) is 0 Å². The van der Waals surface area contributed by atoms with Crippen molar-refractivity contribution in [1.29, 1.82) is 0 Å². The quantitative estimate of drug-likeness (QED) is 0.747. The van der Waals surface area contributed by atoms with Crippen molar-refractivity contribution in [2.24, 2.45) is 17.3 Å². The fourth-order valence-corrected chi connectivity index (χ4v) is 4.49. The number of ether oxygens (including phenoxy) is 3. The average molecular weight is 356 g/mol. The third-order valence-corrected chi connectivity index (χ3v) is 6.28. The average Bonchev–Trinajstić information content (AvgIpc) is 2.67. The Morgan fingerprint density at radius 3 is 1.92 bits per heavy atom. The Hall–Kier alpha value is -1.11. The first-order valence-corrected chi connectivity index (χ1v) is 9.05. The molecule has 138 valence electrons. The van der Waals surface area contributed by atoms with Gasteiger partial charge in [0.15, 0.2) is 17.5 Å². The molecule has 0 spiro atoms. The number of fused-ring (bicyclic) bond motifs is 3. The van der Waals surface area contributed by atoms with Crippen LogP contribution in [0.25, 0.3) is 0 Å². The SMILES string of the molecule is CCC1CCC(C23COC(c4cc(F)c(F)c(F)c4)(OC2)OC3)CC1. The van der Waals surface area contributed by atoms with Gasteiger partial charge in [0.2, 0.25) is 0 Å². The van der Waals surface area contributed by atoms with Gasteiger partial charge in [0.05, 0.1) is 19.8 Å². The minimum atomic E-state index is -1.63. The maximum Gasteiger partial charge on any atom is 0.312 e. The molecule has 1 aliphatic carbocycles. The van der Waals surface area contributed by atoms with Gasteiger partial charge in [-0.3, -0.25) is 0 Å². The van der Waals surface area contributed by atoms with Crippen LogP contribution in [0.3, 0.4) is 0 Å². The Bertz CT molecular complexity index is 608. The van der Waals surface area contributed by atoms with Crippen LogP contribution in [0.2, 0.25) is 0 Å². The normalized spacial score (nSPS) is 38.1. The van der Waals surface area contributed by atoms with E-state index < -0.39 is 23.4 Å². The highest BCUT2D eigenvalue weighted by molar-refractivity contribution is 5.23. The third kappa shape index (κ3) is 2.78. The van der Waals surface area contributed by atoms with Gasteiger partial charge in [0.1, 0.15) is 0 Å². The van der Waals surface area contributed by atoms with Gasteiger partial charge in [-0.1, -0.05) is 26.2 Å². The number of halogens is 3. The van der Waals surface area contributed by atoms with Crippen molar-refractivity contribution in [2.45, 2.75) is 45.0 Å². The van der Waals surface area contributed by atoms with Crippen LogP contribution in [0.5, 0.6) is 0 Å². The molecule has 3 heterocycles. The summed E-state index contributed by atoms with van der Waals surface area (Å²) in [7, 11) is 0. The van der Waals surface area contributed by atoms with Gasteiger partial charge in [-0.15, -0.1) is 0 Å². The minimum Gasteiger partial charge on any atom is -0.323 e. The van der Waals surface area contributed by atoms with Crippen LogP contribution in [-0.4, -0.2) is 19.8 Å². The number of benzene rings is 1. The summed E-state index contributed by atoms with van der Waals surface area (Å²) in [5, 5.41) is 0. The predicted octanol–water partition coefficient (Wildman–Crippen LogP) is 4.49. The van der Waals surface area contributed by atoms with Crippen molar-refractivity contribution in [3.8, 4) is 0 Å². The summed E-state index contributed by atoms with van der Waals surface area (Å²) in [5.74, 6) is -4.42. The monoisotopic (exact) mass is 356 g/mol. The molecule has 0 amide bonds. The van der Waals surface area contributed by atoms with E-state index in [1.165, 1.54) is 19.3 Å². The van der Waals surface area contributed by atoms with Crippen LogP contribution in [-0.2, 0) is 20.2 Å². The summed E-state index contributed by atoms with van der Waals surface area (Å²) < 4.78 is 57.8. The summed E-state index contributed by atoms with van der Waals surface area (Å²) in [4.78, 5) is 0. The van der Waals surface area contributed by atoms with Crippen molar-refractivity contribution >= 4 is 0 Å². The molecule has 6 heteroatoms. The van der Waals surface area contributed by atoms with E-state index >= 15 is 0 Å². The lowest BCUT2D eigenvalue weighted by molar-refractivity contribution is -0.486. The third-order valence-electron chi connectivity index (χ3n) is 6.28. The first-order valence-electron chi connectivity index (χ1n) is 9.05. The highest BCUT2D eigenvalue weighted by Gasteiger charge is 2.57. The Balaban J connectivity index is 1.51. The fraction of sp³-hybridized carbons (Fsp3) is 0.684. The molecule has 1 aromatic rings. The standard InChI is InChI=1S/C19H23F3O3/c1-2-12-3-5-13(6-4-12)18-9-23-19(24-10-18,25-11-18)14-7-15(20)17(22)16(21)8-14/h7-8,12-13H,2-6,9-11H2,1H3. The van der Waals surface area contributed by atoms with Gasteiger partial charge in [-0.25, -0.2) is 13.2 Å². The Morgan fingerprint density at radius 1 is 0.920 bits per heavy atom. The largest absolute Gasteiger partial charge is 0.323 e. The molecule has 0 aromatic heterocycles. The zero-order valence-corrected chi connectivity index (χ0v) is 14.3. The van der Waals surface area contributed by atoms with E-state index in [4.69, 9.17) is 14.2 Å². The van der Waals surface area contributed by atoms with E-state index in [0.717, 1.165) is 30.9 Å².